The van der Waals surface area contributed by atoms with Crippen LogP contribution in [-0.4, -0.2) is 10.9 Å². The van der Waals surface area contributed by atoms with Crippen LogP contribution in [0.4, 0.5) is 17.2 Å². The van der Waals surface area contributed by atoms with Gasteiger partial charge in [0.1, 0.15) is 5.82 Å². The zero-order chi connectivity index (χ0) is 16.9. The Balaban J connectivity index is 1.69. The highest BCUT2D eigenvalue weighted by atomic mass is 16.1. The van der Waals surface area contributed by atoms with Crippen molar-refractivity contribution >= 4 is 23.1 Å². The minimum Gasteiger partial charge on any atom is -0.340 e. The van der Waals surface area contributed by atoms with E-state index in [0.717, 1.165) is 17.1 Å². The molecule has 4 nitrogen and oxygen atoms in total. The zero-order valence-corrected chi connectivity index (χ0v) is 13.7. The molecule has 2 aromatic carbocycles. The summed E-state index contributed by atoms with van der Waals surface area (Å²) in [4.78, 5) is 16.5. The Bertz CT molecular complexity index is 843. The molecule has 0 saturated heterocycles. The maximum absolute atomic E-state index is 12.1. The predicted molar refractivity (Wildman–Crippen MR) is 97.8 cm³/mol. The number of nitrogens with zero attached hydrogens (tertiary/aromatic N) is 1. The van der Waals surface area contributed by atoms with Crippen LogP contribution in [0.3, 0.4) is 0 Å². The quantitative estimate of drug-likeness (QED) is 0.733. The van der Waals surface area contributed by atoms with Crippen molar-refractivity contribution in [1.29, 1.82) is 0 Å². The smallest absolute Gasteiger partial charge is 0.255 e. The second-order valence-corrected chi connectivity index (χ2v) is 5.70. The number of anilines is 3. The first kappa shape index (κ1) is 15.7. The summed E-state index contributed by atoms with van der Waals surface area (Å²) in [7, 11) is 0. The van der Waals surface area contributed by atoms with Gasteiger partial charge in [0.25, 0.3) is 5.91 Å². The fourth-order valence-corrected chi connectivity index (χ4v) is 2.34. The molecule has 0 unspecified atom stereocenters. The lowest BCUT2D eigenvalue weighted by molar-refractivity contribution is 0.102. The molecular weight excluding hydrogens is 298 g/mol. The Kier molecular flexibility index (Phi) is 4.57. The molecule has 0 atom stereocenters. The lowest BCUT2D eigenvalue weighted by Crippen LogP contribution is -2.11. The molecule has 3 aromatic rings. The Morgan fingerprint density at radius 2 is 1.75 bits per heavy atom. The highest BCUT2D eigenvalue weighted by Crippen LogP contribution is 2.21. The van der Waals surface area contributed by atoms with E-state index < -0.39 is 0 Å². The summed E-state index contributed by atoms with van der Waals surface area (Å²) < 4.78 is 0. The van der Waals surface area contributed by atoms with Gasteiger partial charge in [-0.25, -0.2) is 4.98 Å². The molecule has 0 saturated carbocycles. The van der Waals surface area contributed by atoms with Gasteiger partial charge < -0.3 is 10.6 Å². The number of carbonyl (C=O) groups is 1. The summed E-state index contributed by atoms with van der Waals surface area (Å²) >= 11 is 0. The van der Waals surface area contributed by atoms with Crippen LogP contribution in [0.5, 0.6) is 0 Å². The van der Waals surface area contributed by atoms with Gasteiger partial charge in [-0.05, 0) is 55.3 Å². The maximum atomic E-state index is 12.1. The van der Waals surface area contributed by atoms with Crippen molar-refractivity contribution in [3.8, 4) is 0 Å². The van der Waals surface area contributed by atoms with Crippen LogP contribution in [-0.2, 0) is 0 Å². The highest BCUT2D eigenvalue weighted by Gasteiger charge is 2.06. The monoisotopic (exact) mass is 317 g/mol. The first-order chi connectivity index (χ1) is 11.6. The van der Waals surface area contributed by atoms with E-state index in [2.05, 4.69) is 47.7 Å². The van der Waals surface area contributed by atoms with E-state index in [1.54, 1.807) is 18.3 Å². The minimum absolute atomic E-state index is 0.146. The number of benzene rings is 2. The average Bonchev–Trinajstić information content (AvgIpc) is 2.60. The fraction of sp³-hybridized carbons (Fsp3) is 0.100. The van der Waals surface area contributed by atoms with Crippen LogP contribution in [0, 0.1) is 13.8 Å². The second-order valence-electron chi connectivity index (χ2n) is 5.70. The van der Waals surface area contributed by atoms with Crippen LogP contribution >= 0.6 is 0 Å². The summed E-state index contributed by atoms with van der Waals surface area (Å²) in [5.74, 6) is 0.592. The van der Waals surface area contributed by atoms with E-state index in [9.17, 15) is 4.79 Å². The third kappa shape index (κ3) is 3.79. The van der Waals surface area contributed by atoms with Gasteiger partial charge in [0.2, 0.25) is 0 Å². The Morgan fingerprint density at radius 1 is 0.958 bits per heavy atom. The first-order valence-electron chi connectivity index (χ1n) is 7.78. The highest BCUT2D eigenvalue weighted by molar-refractivity contribution is 6.04. The Hall–Kier alpha value is -3.14. The maximum Gasteiger partial charge on any atom is 0.255 e. The normalized spacial score (nSPS) is 10.2. The van der Waals surface area contributed by atoms with Gasteiger partial charge in [-0.15, -0.1) is 0 Å². The van der Waals surface area contributed by atoms with Crippen LogP contribution in [0.1, 0.15) is 21.5 Å². The molecule has 0 aliphatic heterocycles. The van der Waals surface area contributed by atoms with Gasteiger partial charge in [0.15, 0.2) is 0 Å². The van der Waals surface area contributed by atoms with E-state index in [4.69, 9.17) is 0 Å². The second kappa shape index (κ2) is 6.96. The topological polar surface area (TPSA) is 54.0 Å². The lowest BCUT2D eigenvalue weighted by Gasteiger charge is -2.10. The fourth-order valence-electron chi connectivity index (χ4n) is 2.34. The van der Waals surface area contributed by atoms with Gasteiger partial charge in [0.05, 0.1) is 11.9 Å². The zero-order valence-electron chi connectivity index (χ0n) is 13.7. The van der Waals surface area contributed by atoms with Crippen molar-refractivity contribution in [3.63, 3.8) is 0 Å². The van der Waals surface area contributed by atoms with E-state index in [0.29, 0.717) is 11.3 Å². The molecule has 3 rings (SSSR count). The van der Waals surface area contributed by atoms with Crippen LogP contribution in [0.15, 0.2) is 66.9 Å². The third-order valence-electron chi connectivity index (χ3n) is 3.71. The number of hydrogen-bond donors (Lipinski definition) is 2. The summed E-state index contributed by atoms with van der Waals surface area (Å²) in [5.41, 5.74) is 4.66. The van der Waals surface area contributed by atoms with Gasteiger partial charge in [0, 0.05) is 11.3 Å². The van der Waals surface area contributed by atoms with Gasteiger partial charge in [-0.1, -0.05) is 30.3 Å². The number of amides is 1. The number of pyridine rings is 1. The van der Waals surface area contributed by atoms with Crippen LogP contribution in [0.25, 0.3) is 0 Å². The van der Waals surface area contributed by atoms with Gasteiger partial charge in [-0.3, -0.25) is 4.79 Å². The van der Waals surface area contributed by atoms with Crippen LogP contribution < -0.4 is 10.6 Å². The molecule has 4 heteroatoms. The van der Waals surface area contributed by atoms with Crippen LogP contribution in [0.2, 0.25) is 0 Å². The number of nitrogens with one attached hydrogen (secondary N) is 2. The number of hydrogen-bond acceptors (Lipinski definition) is 3. The molecule has 2 N–H and O–H groups in total. The molecule has 1 heterocycles. The first-order valence-corrected chi connectivity index (χ1v) is 7.78. The lowest BCUT2D eigenvalue weighted by atomic mass is 10.1. The van der Waals surface area contributed by atoms with Gasteiger partial charge >= 0.3 is 0 Å². The van der Waals surface area contributed by atoms with Crippen molar-refractivity contribution in [2.24, 2.45) is 0 Å². The van der Waals surface area contributed by atoms with Crippen molar-refractivity contribution in [2.45, 2.75) is 13.8 Å². The molecule has 0 bridgehead atoms. The van der Waals surface area contributed by atoms with Gasteiger partial charge in [-0.2, -0.15) is 0 Å². The summed E-state index contributed by atoms with van der Waals surface area (Å²) in [6.45, 7) is 4.11. The molecule has 0 fully saturated rings. The van der Waals surface area contributed by atoms with Crippen molar-refractivity contribution in [2.75, 3.05) is 10.6 Å². The largest absolute Gasteiger partial charge is 0.340 e. The SMILES string of the molecule is Cc1ccc(C)c(Nc2ccc(NC(=O)c3ccccc3)cn2)c1. The molecule has 24 heavy (non-hydrogen) atoms. The van der Waals surface area contributed by atoms with Crippen molar-refractivity contribution < 1.29 is 4.79 Å². The molecule has 0 aliphatic rings. The molecule has 0 radical (unpaired) electrons. The number of aryl methyl sites for hydroxylation is 2. The average molecular weight is 317 g/mol. The van der Waals surface area contributed by atoms with E-state index in [-0.39, 0.29) is 5.91 Å². The number of carbonyl (C=O) groups excluding carboxylic acids is 1. The third-order valence-corrected chi connectivity index (χ3v) is 3.71. The standard InChI is InChI=1S/C20H19N3O/c1-14-8-9-15(2)18(12-14)23-19-11-10-17(13-21-19)22-20(24)16-6-4-3-5-7-16/h3-13H,1-2H3,(H,21,23)(H,22,24). The van der Waals surface area contributed by atoms with Crippen molar-refractivity contribution in [1.82, 2.24) is 4.98 Å². The molecule has 1 amide bonds. The Labute approximate surface area is 141 Å². The minimum atomic E-state index is -0.146. The molecule has 120 valence electrons. The summed E-state index contributed by atoms with van der Waals surface area (Å²) in [6, 6.07) is 19.0. The molecular formula is C20H19N3O. The molecule has 0 spiro atoms. The predicted octanol–water partition coefficient (Wildman–Crippen LogP) is 4.69. The molecule has 0 aliphatic carbocycles. The number of rotatable bonds is 4. The molecule has 1 aromatic heterocycles. The Morgan fingerprint density at radius 3 is 2.46 bits per heavy atom. The van der Waals surface area contributed by atoms with E-state index in [1.807, 2.05) is 30.3 Å². The van der Waals surface area contributed by atoms with E-state index in [1.165, 1.54) is 5.56 Å². The van der Waals surface area contributed by atoms with E-state index >= 15 is 0 Å². The summed E-state index contributed by atoms with van der Waals surface area (Å²) in [5, 5.41) is 6.14. The number of aromatic nitrogens is 1. The summed E-state index contributed by atoms with van der Waals surface area (Å²) in [6.07, 6.45) is 1.65. The van der Waals surface area contributed by atoms with Crippen molar-refractivity contribution in [3.05, 3.63) is 83.6 Å².